The maximum Gasteiger partial charge on any atom is 0.203 e. The van der Waals surface area contributed by atoms with Crippen molar-refractivity contribution in [1.82, 2.24) is 0 Å². The molecule has 1 aliphatic heterocycles. The summed E-state index contributed by atoms with van der Waals surface area (Å²) < 4.78 is 16.6. The molecule has 4 rings (SSSR count). The monoisotopic (exact) mass is 507 g/mol. The van der Waals surface area contributed by atoms with Gasteiger partial charge >= 0.3 is 0 Å². The van der Waals surface area contributed by atoms with Crippen molar-refractivity contribution < 1.29 is 19.0 Å². The SMILES string of the molecule is COc1cc([C@H]2C(C#N)=C(N)N(c3cccc(Cl)c3C)C3=C2C(=O)CC(C)(C)C3)cc(OC)c1OC. The molecular weight excluding hydrogens is 478 g/mol. The highest BCUT2D eigenvalue weighted by Gasteiger charge is 2.45. The first-order valence-electron chi connectivity index (χ1n) is 11.6. The van der Waals surface area contributed by atoms with Crippen molar-refractivity contribution in [2.75, 3.05) is 26.2 Å². The van der Waals surface area contributed by atoms with Crippen LogP contribution in [-0.2, 0) is 4.79 Å². The van der Waals surface area contributed by atoms with Crippen LogP contribution in [0.5, 0.6) is 17.2 Å². The number of methoxy groups -OCH3 is 3. The van der Waals surface area contributed by atoms with Gasteiger partial charge in [0.05, 0.1) is 44.6 Å². The third-order valence-corrected chi connectivity index (χ3v) is 7.29. The van der Waals surface area contributed by atoms with E-state index in [-0.39, 0.29) is 22.6 Å². The van der Waals surface area contributed by atoms with Gasteiger partial charge in [-0.3, -0.25) is 9.69 Å². The zero-order valence-electron chi connectivity index (χ0n) is 21.4. The second-order valence-electron chi connectivity index (χ2n) is 9.82. The quantitative estimate of drug-likeness (QED) is 0.561. The van der Waals surface area contributed by atoms with E-state index < -0.39 is 5.92 Å². The average molecular weight is 508 g/mol. The smallest absolute Gasteiger partial charge is 0.203 e. The van der Waals surface area contributed by atoms with Crippen molar-refractivity contribution in [1.29, 1.82) is 5.26 Å². The number of rotatable bonds is 5. The van der Waals surface area contributed by atoms with E-state index in [4.69, 9.17) is 31.5 Å². The molecule has 0 amide bonds. The van der Waals surface area contributed by atoms with Crippen LogP contribution >= 0.6 is 11.6 Å². The molecule has 7 nitrogen and oxygen atoms in total. The molecule has 2 N–H and O–H groups in total. The molecule has 1 atom stereocenters. The van der Waals surface area contributed by atoms with Crippen LogP contribution in [-0.4, -0.2) is 27.1 Å². The second-order valence-corrected chi connectivity index (χ2v) is 10.2. The zero-order chi connectivity index (χ0) is 26.4. The summed E-state index contributed by atoms with van der Waals surface area (Å²) in [4.78, 5) is 15.6. The zero-order valence-corrected chi connectivity index (χ0v) is 22.1. The van der Waals surface area contributed by atoms with Crippen LogP contribution in [0.1, 0.15) is 43.7 Å². The Balaban J connectivity index is 2.06. The Hall–Kier alpha value is -3.63. The summed E-state index contributed by atoms with van der Waals surface area (Å²) >= 11 is 6.46. The number of allylic oxidation sites excluding steroid dienone is 3. The summed E-state index contributed by atoms with van der Waals surface area (Å²) in [6, 6.07) is 11.4. The fraction of sp³-hybridized carbons (Fsp3) is 0.357. The highest BCUT2D eigenvalue weighted by molar-refractivity contribution is 6.31. The van der Waals surface area contributed by atoms with Gasteiger partial charge in [0.1, 0.15) is 5.82 Å². The summed E-state index contributed by atoms with van der Waals surface area (Å²) in [7, 11) is 4.58. The number of anilines is 1. The lowest BCUT2D eigenvalue weighted by atomic mass is 9.68. The number of hydrogen-bond acceptors (Lipinski definition) is 7. The van der Waals surface area contributed by atoms with Gasteiger partial charge in [-0.25, -0.2) is 0 Å². The minimum atomic E-state index is -0.682. The highest BCUT2D eigenvalue weighted by Crippen LogP contribution is 2.52. The molecule has 0 spiro atoms. The number of nitrogens with zero attached hydrogens (tertiary/aromatic N) is 2. The minimum absolute atomic E-state index is 0.0232. The molecule has 1 aliphatic carbocycles. The maximum atomic E-state index is 13.8. The number of hydrogen-bond donors (Lipinski definition) is 1. The van der Waals surface area contributed by atoms with Crippen molar-refractivity contribution in [2.45, 2.75) is 39.5 Å². The molecule has 188 valence electrons. The van der Waals surface area contributed by atoms with Gasteiger partial charge in [-0.15, -0.1) is 0 Å². The van der Waals surface area contributed by atoms with E-state index in [2.05, 4.69) is 19.9 Å². The van der Waals surface area contributed by atoms with E-state index in [1.54, 1.807) is 18.2 Å². The molecule has 0 radical (unpaired) electrons. The molecule has 0 saturated heterocycles. The lowest BCUT2D eigenvalue weighted by Crippen LogP contribution is -2.42. The Morgan fingerprint density at radius 1 is 1.11 bits per heavy atom. The van der Waals surface area contributed by atoms with Crippen LogP contribution in [0, 0.1) is 23.7 Å². The molecule has 0 unspecified atom stereocenters. The molecule has 2 aromatic carbocycles. The van der Waals surface area contributed by atoms with Crippen LogP contribution in [0.2, 0.25) is 5.02 Å². The Bertz CT molecular complexity index is 1330. The molecule has 36 heavy (non-hydrogen) atoms. The number of Topliss-reactive ketones (excluding diaryl/α,β-unsaturated/α-hetero) is 1. The van der Waals surface area contributed by atoms with Gasteiger partial charge in [0.2, 0.25) is 5.75 Å². The topological polar surface area (TPSA) is 97.8 Å². The van der Waals surface area contributed by atoms with Crippen LogP contribution < -0.4 is 24.8 Å². The molecular formula is C28H30ClN3O4. The summed E-state index contributed by atoms with van der Waals surface area (Å²) in [6.45, 7) is 6.02. The Morgan fingerprint density at radius 2 is 1.75 bits per heavy atom. The van der Waals surface area contributed by atoms with Crippen molar-refractivity contribution in [3.63, 3.8) is 0 Å². The molecule has 8 heteroatoms. The number of nitriles is 1. The molecule has 1 heterocycles. The van der Waals surface area contributed by atoms with E-state index in [0.29, 0.717) is 46.2 Å². The largest absolute Gasteiger partial charge is 0.493 e. The van der Waals surface area contributed by atoms with Gasteiger partial charge in [0.25, 0.3) is 0 Å². The van der Waals surface area contributed by atoms with Gasteiger partial charge < -0.3 is 19.9 Å². The Kier molecular flexibility index (Phi) is 6.68. The molecule has 2 aromatic rings. The van der Waals surface area contributed by atoms with Crippen LogP contribution in [0.3, 0.4) is 0 Å². The fourth-order valence-electron chi connectivity index (χ4n) is 5.22. The summed E-state index contributed by atoms with van der Waals surface area (Å²) in [5.74, 6) is 0.855. The van der Waals surface area contributed by atoms with E-state index >= 15 is 0 Å². The second kappa shape index (κ2) is 9.44. The van der Waals surface area contributed by atoms with Gasteiger partial charge in [-0.1, -0.05) is 31.5 Å². The number of ketones is 1. The molecule has 0 bridgehead atoms. The van der Waals surface area contributed by atoms with E-state index in [1.165, 1.54) is 21.3 Å². The maximum absolute atomic E-state index is 13.8. The Morgan fingerprint density at radius 3 is 2.31 bits per heavy atom. The standard InChI is InChI=1S/C28H30ClN3O4/c1-15-18(29)8-7-9-19(15)32-20-12-28(2,3)13-21(33)25(20)24(17(14-30)27(32)31)16-10-22(34-4)26(36-6)23(11-16)35-5/h7-11,24H,12-13,31H2,1-6H3/t24-/m0/s1. The van der Waals surface area contributed by atoms with Gasteiger partial charge in [-0.2, -0.15) is 5.26 Å². The van der Waals surface area contributed by atoms with Crippen LogP contribution in [0.25, 0.3) is 0 Å². The number of halogens is 1. The molecule has 0 fully saturated rings. The van der Waals surface area contributed by atoms with Crippen LogP contribution in [0.4, 0.5) is 5.69 Å². The van der Waals surface area contributed by atoms with E-state index in [0.717, 1.165) is 16.9 Å². The number of carbonyl (C=O) groups excluding carboxylic acids is 1. The number of carbonyl (C=O) groups is 1. The molecule has 0 aromatic heterocycles. The Labute approximate surface area is 216 Å². The highest BCUT2D eigenvalue weighted by atomic mass is 35.5. The summed E-state index contributed by atoms with van der Waals surface area (Å²) in [5, 5.41) is 10.9. The summed E-state index contributed by atoms with van der Waals surface area (Å²) in [6.07, 6.45) is 0.952. The first-order chi connectivity index (χ1) is 17.1. The first kappa shape index (κ1) is 25.5. The number of benzene rings is 2. The average Bonchev–Trinajstić information content (AvgIpc) is 2.83. The lowest BCUT2D eigenvalue weighted by Gasteiger charge is -2.44. The minimum Gasteiger partial charge on any atom is -0.493 e. The number of nitrogens with two attached hydrogens (primary N) is 1. The van der Waals surface area contributed by atoms with Crippen molar-refractivity contribution in [2.24, 2.45) is 11.1 Å². The molecule has 2 aliphatic rings. The normalized spacial score (nSPS) is 19.1. The first-order valence-corrected chi connectivity index (χ1v) is 12.0. The van der Waals surface area contributed by atoms with Crippen molar-refractivity contribution in [3.05, 3.63) is 69.1 Å². The van der Waals surface area contributed by atoms with Gasteiger partial charge in [0.15, 0.2) is 17.3 Å². The predicted octanol–water partition coefficient (Wildman–Crippen LogP) is 5.62. The van der Waals surface area contributed by atoms with E-state index in [9.17, 15) is 10.1 Å². The fourth-order valence-corrected chi connectivity index (χ4v) is 5.39. The predicted molar refractivity (Wildman–Crippen MR) is 139 cm³/mol. The van der Waals surface area contributed by atoms with Gasteiger partial charge in [0, 0.05) is 22.7 Å². The van der Waals surface area contributed by atoms with Crippen LogP contribution in [0.15, 0.2) is 53.0 Å². The van der Waals surface area contributed by atoms with Gasteiger partial charge in [-0.05, 0) is 54.2 Å². The summed E-state index contributed by atoms with van der Waals surface area (Å²) in [5.41, 5.74) is 10.3. The lowest BCUT2D eigenvalue weighted by molar-refractivity contribution is -0.118. The van der Waals surface area contributed by atoms with Crippen molar-refractivity contribution >= 4 is 23.1 Å². The molecule has 0 saturated carbocycles. The third kappa shape index (κ3) is 4.06. The third-order valence-electron chi connectivity index (χ3n) is 6.88. The van der Waals surface area contributed by atoms with Crippen molar-refractivity contribution in [3.8, 4) is 23.3 Å². The number of ether oxygens (including phenoxy) is 3. The van der Waals surface area contributed by atoms with E-state index in [1.807, 2.05) is 24.0 Å².